The second-order valence-electron chi connectivity index (χ2n) is 3.13. The van der Waals surface area contributed by atoms with Gasteiger partial charge in [0.25, 0.3) is 5.56 Å². The van der Waals surface area contributed by atoms with Crippen LogP contribution in [-0.4, -0.2) is 11.3 Å². The molecule has 3 aromatic heterocycles. The molecule has 15 heavy (non-hydrogen) atoms. The molecular formula is C10H5NO3S. The Morgan fingerprint density at radius 2 is 2.33 bits per heavy atom. The number of hydrogen-bond acceptors (Lipinski definition) is 4. The third kappa shape index (κ3) is 1.07. The molecule has 0 fully saturated rings. The van der Waals surface area contributed by atoms with E-state index in [0.717, 1.165) is 11.0 Å². The van der Waals surface area contributed by atoms with E-state index in [1.54, 1.807) is 12.1 Å². The van der Waals surface area contributed by atoms with Crippen LogP contribution in [0.25, 0.3) is 21.2 Å². The Kier molecular flexibility index (Phi) is 1.58. The fourth-order valence-corrected chi connectivity index (χ4v) is 2.51. The number of carbonyl (C=O) groups is 1. The molecule has 0 spiro atoms. The Morgan fingerprint density at radius 3 is 3.13 bits per heavy atom. The van der Waals surface area contributed by atoms with E-state index >= 15 is 0 Å². The molecule has 0 aliphatic rings. The first kappa shape index (κ1) is 8.43. The molecule has 0 aliphatic carbocycles. The highest BCUT2D eigenvalue weighted by Crippen LogP contribution is 2.29. The van der Waals surface area contributed by atoms with Gasteiger partial charge in [0.1, 0.15) is 0 Å². The van der Waals surface area contributed by atoms with Crippen LogP contribution in [0.4, 0.5) is 0 Å². The number of nitrogens with one attached hydrogen (secondary N) is 1. The summed E-state index contributed by atoms with van der Waals surface area (Å²) in [5.41, 5.74) is 1.00. The summed E-state index contributed by atoms with van der Waals surface area (Å²) < 4.78 is 6.05. The number of H-pyrrole nitrogens is 1. The van der Waals surface area contributed by atoms with Gasteiger partial charge in [-0.2, -0.15) is 0 Å². The SMILES string of the molecule is O=Cc1cc2[nH]c(=O)c3ccoc3c2s1. The smallest absolute Gasteiger partial charge is 0.259 e. The fraction of sp³-hybridized carbons (Fsp3) is 0. The first-order chi connectivity index (χ1) is 7.29. The molecule has 0 aliphatic heterocycles. The molecule has 0 aromatic carbocycles. The standard InChI is InChI=1S/C10H5NO3S/c12-4-5-3-7-9(15-5)8-6(1-2-14-8)10(13)11-7/h1-4H,(H,11,13). The lowest BCUT2D eigenvalue weighted by Gasteiger charge is -1.89. The second-order valence-corrected chi connectivity index (χ2v) is 4.21. The molecular weight excluding hydrogens is 214 g/mol. The summed E-state index contributed by atoms with van der Waals surface area (Å²) in [6, 6.07) is 3.27. The summed E-state index contributed by atoms with van der Waals surface area (Å²) >= 11 is 1.31. The number of aldehydes is 1. The monoisotopic (exact) mass is 219 g/mol. The van der Waals surface area contributed by atoms with Crippen LogP contribution in [-0.2, 0) is 0 Å². The number of aromatic nitrogens is 1. The predicted octanol–water partition coefficient (Wildman–Crippen LogP) is 2.15. The largest absolute Gasteiger partial charge is 0.463 e. The van der Waals surface area contributed by atoms with Crippen molar-refractivity contribution in [3.05, 3.63) is 33.6 Å². The van der Waals surface area contributed by atoms with Gasteiger partial charge >= 0.3 is 0 Å². The van der Waals surface area contributed by atoms with Crippen LogP contribution in [0.15, 0.2) is 27.6 Å². The highest BCUT2D eigenvalue weighted by atomic mass is 32.1. The number of fused-ring (bicyclic) bond motifs is 3. The van der Waals surface area contributed by atoms with E-state index in [2.05, 4.69) is 4.98 Å². The minimum Gasteiger partial charge on any atom is -0.463 e. The van der Waals surface area contributed by atoms with Crippen molar-refractivity contribution in [3.63, 3.8) is 0 Å². The van der Waals surface area contributed by atoms with Gasteiger partial charge in [-0.05, 0) is 12.1 Å². The molecule has 0 saturated heterocycles. The normalized spacial score (nSPS) is 11.2. The van der Waals surface area contributed by atoms with Crippen molar-refractivity contribution >= 4 is 38.8 Å². The highest BCUT2D eigenvalue weighted by molar-refractivity contribution is 7.21. The highest BCUT2D eigenvalue weighted by Gasteiger charge is 2.10. The van der Waals surface area contributed by atoms with Crippen molar-refractivity contribution in [3.8, 4) is 0 Å². The first-order valence-corrected chi connectivity index (χ1v) is 5.09. The summed E-state index contributed by atoms with van der Waals surface area (Å²) in [5.74, 6) is 0. The topological polar surface area (TPSA) is 63.1 Å². The van der Waals surface area contributed by atoms with E-state index in [1.165, 1.54) is 17.6 Å². The third-order valence-corrected chi connectivity index (χ3v) is 3.29. The van der Waals surface area contributed by atoms with Crippen LogP contribution in [0.3, 0.4) is 0 Å². The number of aromatic amines is 1. The number of pyridine rings is 1. The number of furan rings is 1. The maximum absolute atomic E-state index is 11.6. The van der Waals surface area contributed by atoms with Gasteiger partial charge in [-0.15, -0.1) is 11.3 Å². The van der Waals surface area contributed by atoms with E-state index in [1.807, 2.05) is 0 Å². The average molecular weight is 219 g/mol. The maximum Gasteiger partial charge on any atom is 0.259 e. The number of hydrogen-bond donors (Lipinski definition) is 1. The van der Waals surface area contributed by atoms with Gasteiger partial charge < -0.3 is 9.40 Å². The molecule has 0 saturated carbocycles. The Balaban J connectivity index is 2.63. The molecule has 0 atom stereocenters. The summed E-state index contributed by atoms with van der Waals surface area (Å²) in [5, 5.41) is 0.516. The van der Waals surface area contributed by atoms with Crippen molar-refractivity contribution in [2.24, 2.45) is 0 Å². The molecule has 74 valence electrons. The predicted molar refractivity (Wildman–Crippen MR) is 57.6 cm³/mol. The van der Waals surface area contributed by atoms with Gasteiger partial charge in [-0.1, -0.05) is 0 Å². The van der Waals surface area contributed by atoms with E-state index in [0.29, 0.717) is 21.4 Å². The van der Waals surface area contributed by atoms with Crippen LogP contribution < -0.4 is 5.56 Å². The Morgan fingerprint density at radius 1 is 1.47 bits per heavy atom. The van der Waals surface area contributed by atoms with Crippen LogP contribution >= 0.6 is 11.3 Å². The molecule has 0 unspecified atom stereocenters. The van der Waals surface area contributed by atoms with Crippen LogP contribution in [0.2, 0.25) is 0 Å². The molecule has 0 radical (unpaired) electrons. The van der Waals surface area contributed by atoms with Gasteiger partial charge in [-0.25, -0.2) is 0 Å². The Bertz CT molecular complexity index is 719. The summed E-state index contributed by atoms with van der Waals surface area (Å²) in [6.07, 6.45) is 2.23. The minimum absolute atomic E-state index is 0.193. The van der Waals surface area contributed by atoms with Crippen LogP contribution in [0.5, 0.6) is 0 Å². The van der Waals surface area contributed by atoms with Gasteiger partial charge in [-0.3, -0.25) is 9.59 Å². The Hall–Kier alpha value is -1.88. The van der Waals surface area contributed by atoms with E-state index in [-0.39, 0.29) is 5.56 Å². The number of rotatable bonds is 1. The van der Waals surface area contributed by atoms with Crippen LogP contribution in [0, 0.1) is 0 Å². The minimum atomic E-state index is -0.193. The molecule has 3 aromatic rings. The first-order valence-electron chi connectivity index (χ1n) is 4.28. The molecule has 0 bridgehead atoms. The lowest BCUT2D eigenvalue weighted by molar-refractivity contribution is 0.112. The van der Waals surface area contributed by atoms with E-state index in [9.17, 15) is 9.59 Å². The summed E-state index contributed by atoms with van der Waals surface area (Å²) in [4.78, 5) is 25.5. The quantitative estimate of drug-likeness (QED) is 0.638. The number of thiophene rings is 1. The fourth-order valence-electron chi connectivity index (χ4n) is 1.58. The molecule has 3 heterocycles. The molecule has 0 amide bonds. The lowest BCUT2D eigenvalue weighted by atomic mass is 10.3. The zero-order valence-electron chi connectivity index (χ0n) is 7.44. The van der Waals surface area contributed by atoms with Crippen molar-refractivity contribution in [2.45, 2.75) is 0 Å². The Labute approximate surface area is 87.1 Å². The molecule has 1 N–H and O–H groups in total. The second kappa shape index (κ2) is 2.80. The van der Waals surface area contributed by atoms with Crippen molar-refractivity contribution in [1.29, 1.82) is 0 Å². The average Bonchev–Trinajstić information content (AvgIpc) is 2.80. The lowest BCUT2D eigenvalue weighted by Crippen LogP contribution is -2.03. The van der Waals surface area contributed by atoms with Gasteiger partial charge in [0.05, 0.1) is 26.7 Å². The molecule has 4 nitrogen and oxygen atoms in total. The molecule has 5 heteroatoms. The van der Waals surface area contributed by atoms with Gasteiger partial charge in [0, 0.05) is 0 Å². The third-order valence-electron chi connectivity index (χ3n) is 2.23. The van der Waals surface area contributed by atoms with Crippen LogP contribution in [0.1, 0.15) is 9.67 Å². The van der Waals surface area contributed by atoms with Gasteiger partial charge in [0.15, 0.2) is 11.9 Å². The number of carbonyl (C=O) groups excluding carboxylic acids is 1. The zero-order valence-corrected chi connectivity index (χ0v) is 8.26. The summed E-state index contributed by atoms with van der Waals surface area (Å²) in [7, 11) is 0. The summed E-state index contributed by atoms with van der Waals surface area (Å²) in [6.45, 7) is 0. The van der Waals surface area contributed by atoms with Crippen molar-refractivity contribution in [2.75, 3.05) is 0 Å². The maximum atomic E-state index is 11.6. The van der Waals surface area contributed by atoms with Gasteiger partial charge in [0.2, 0.25) is 0 Å². The van der Waals surface area contributed by atoms with E-state index < -0.39 is 0 Å². The van der Waals surface area contributed by atoms with Crippen molar-refractivity contribution in [1.82, 2.24) is 4.98 Å². The van der Waals surface area contributed by atoms with E-state index in [4.69, 9.17) is 4.42 Å². The van der Waals surface area contributed by atoms with Crippen molar-refractivity contribution < 1.29 is 9.21 Å². The molecule has 3 rings (SSSR count). The zero-order chi connectivity index (χ0) is 10.4.